The summed E-state index contributed by atoms with van der Waals surface area (Å²) in [4.78, 5) is 23.8. The van der Waals surface area contributed by atoms with Gasteiger partial charge in [-0.25, -0.2) is 0 Å². The SMILES string of the molecule is C=CCCC(=O)C(CC)C1CCCCC1.C=CCCCCCCCCNC(C)CC(=O)C(C)CC. The van der Waals surface area contributed by atoms with Crippen molar-refractivity contribution in [2.75, 3.05) is 6.54 Å². The van der Waals surface area contributed by atoms with Crippen LogP contribution in [-0.2, 0) is 9.59 Å². The molecule has 0 heterocycles. The summed E-state index contributed by atoms with van der Waals surface area (Å²) in [7, 11) is 0. The van der Waals surface area contributed by atoms with E-state index in [-0.39, 0.29) is 5.92 Å². The molecule has 3 unspecified atom stereocenters. The predicted octanol–water partition coefficient (Wildman–Crippen LogP) is 9.01. The van der Waals surface area contributed by atoms with Crippen LogP contribution in [0.15, 0.2) is 25.3 Å². The fourth-order valence-corrected chi connectivity index (χ4v) is 5.06. The number of carbonyl (C=O) groups is 2. The summed E-state index contributed by atoms with van der Waals surface area (Å²) >= 11 is 0. The lowest BCUT2D eigenvalue weighted by Gasteiger charge is -2.28. The quantitative estimate of drug-likeness (QED) is 0.137. The fourth-order valence-electron chi connectivity index (χ4n) is 5.06. The minimum atomic E-state index is 0.217. The van der Waals surface area contributed by atoms with Gasteiger partial charge in [0.2, 0.25) is 0 Å². The van der Waals surface area contributed by atoms with Gasteiger partial charge in [-0.05, 0) is 70.8 Å². The molecular weight excluding hydrogens is 430 g/mol. The highest BCUT2D eigenvalue weighted by Gasteiger charge is 2.27. The van der Waals surface area contributed by atoms with Gasteiger partial charge in [0.1, 0.15) is 11.6 Å². The van der Waals surface area contributed by atoms with Gasteiger partial charge < -0.3 is 5.32 Å². The molecule has 0 radical (unpaired) electrons. The van der Waals surface area contributed by atoms with Crippen LogP contribution >= 0.6 is 0 Å². The van der Waals surface area contributed by atoms with Gasteiger partial charge in [-0.1, -0.05) is 77.9 Å². The van der Waals surface area contributed by atoms with Crippen molar-refractivity contribution in [3.05, 3.63) is 25.3 Å². The van der Waals surface area contributed by atoms with Crippen molar-refractivity contribution >= 4 is 11.6 Å². The van der Waals surface area contributed by atoms with Crippen LogP contribution in [0.25, 0.3) is 0 Å². The molecule has 3 nitrogen and oxygen atoms in total. The highest BCUT2D eigenvalue weighted by Crippen LogP contribution is 2.33. The summed E-state index contributed by atoms with van der Waals surface area (Å²) in [6.07, 6.45) is 23.6. The number of allylic oxidation sites excluding steroid dienone is 2. The van der Waals surface area contributed by atoms with Gasteiger partial charge in [-0.2, -0.15) is 0 Å². The number of carbonyl (C=O) groups excluding carboxylic acids is 2. The molecule has 1 aliphatic carbocycles. The molecule has 204 valence electrons. The van der Waals surface area contributed by atoms with E-state index in [1.807, 2.05) is 19.1 Å². The molecule has 0 aromatic heterocycles. The summed E-state index contributed by atoms with van der Waals surface area (Å²) in [6, 6.07) is 0.323. The van der Waals surface area contributed by atoms with Crippen molar-refractivity contribution in [2.45, 2.75) is 143 Å². The first kappa shape index (κ1) is 33.8. The minimum Gasteiger partial charge on any atom is -0.314 e. The number of Topliss-reactive ketones (excluding diaryl/α,β-unsaturated/α-hetero) is 2. The van der Waals surface area contributed by atoms with E-state index in [4.69, 9.17) is 0 Å². The van der Waals surface area contributed by atoms with E-state index in [0.717, 1.165) is 32.2 Å². The molecule has 1 rings (SSSR count). The zero-order valence-corrected chi connectivity index (χ0v) is 23.9. The van der Waals surface area contributed by atoms with Crippen molar-refractivity contribution in [1.29, 1.82) is 0 Å². The molecule has 35 heavy (non-hydrogen) atoms. The molecule has 0 aromatic rings. The summed E-state index contributed by atoms with van der Waals surface area (Å²) < 4.78 is 0. The number of nitrogens with one attached hydrogen (secondary N) is 1. The molecule has 0 saturated heterocycles. The highest BCUT2D eigenvalue weighted by molar-refractivity contribution is 5.81. The Hall–Kier alpha value is -1.22. The maximum atomic E-state index is 12.0. The fraction of sp³-hybridized carbons (Fsp3) is 0.812. The molecule has 0 spiro atoms. The lowest BCUT2D eigenvalue weighted by molar-refractivity contribution is -0.125. The van der Waals surface area contributed by atoms with Crippen LogP contribution in [0.5, 0.6) is 0 Å². The van der Waals surface area contributed by atoms with E-state index >= 15 is 0 Å². The Labute approximate surface area is 219 Å². The maximum Gasteiger partial charge on any atom is 0.137 e. The van der Waals surface area contributed by atoms with Crippen LogP contribution in [0.2, 0.25) is 0 Å². The Morgan fingerprint density at radius 3 is 2.00 bits per heavy atom. The standard InChI is InChI=1S/C18H35NO.C14H24O/c1-5-7-8-9-10-11-12-13-14-19-17(4)15-18(20)16(3)6-2;1-3-5-11-14(15)13(4-2)12-9-7-6-8-10-12/h5,16-17,19H,1,6-15H2,2-4H3;3,12-13H,1,4-11H2,2H3. The van der Waals surface area contributed by atoms with Gasteiger partial charge in [0.15, 0.2) is 0 Å². The summed E-state index contributed by atoms with van der Waals surface area (Å²) in [5, 5.41) is 3.47. The largest absolute Gasteiger partial charge is 0.314 e. The van der Waals surface area contributed by atoms with E-state index in [1.165, 1.54) is 70.6 Å². The molecule has 1 aliphatic rings. The first-order valence-corrected chi connectivity index (χ1v) is 14.9. The molecule has 0 bridgehead atoms. The Morgan fingerprint density at radius 1 is 0.829 bits per heavy atom. The van der Waals surface area contributed by atoms with Crippen LogP contribution in [0.4, 0.5) is 0 Å². The average molecular weight is 490 g/mol. The molecule has 0 aromatic carbocycles. The van der Waals surface area contributed by atoms with E-state index in [1.54, 1.807) is 0 Å². The van der Waals surface area contributed by atoms with E-state index in [2.05, 4.69) is 39.2 Å². The first-order valence-electron chi connectivity index (χ1n) is 14.9. The van der Waals surface area contributed by atoms with Crippen molar-refractivity contribution in [1.82, 2.24) is 5.32 Å². The van der Waals surface area contributed by atoms with E-state index < -0.39 is 0 Å². The Kier molecular flexibility index (Phi) is 22.4. The van der Waals surface area contributed by atoms with Gasteiger partial charge in [0.25, 0.3) is 0 Å². The minimum absolute atomic E-state index is 0.217. The van der Waals surface area contributed by atoms with Gasteiger partial charge >= 0.3 is 0 Å². The maximum absolute atomic E-state index is 12.0. The van der Waals surface area contributed by atoms with Crippen LogP contribution in [0.3, 0.4) is 0 Å². The van der Waals surface area contributed by atoms with E-state index in [0.29, 0.717) is 42.3 Å². The molecular formula is C32H59NO2. The third-order valence-electron chi connectivity index (χ3n) is 7.66. The smallest absolute Gasteiger partial charge is 0.137 e. The van der Waals surface area contributed by atoms with Gasteiger partial charge in [-0.3, -0.25) is 9.59 Å². The van der Waals surface area contributed by atoms with Crippen molar-refractivity contribution in [3.8, 4) is 0 Å². The summed E-state index contributed by atoms with van der Waals surface area (Å²) in [5.74, 6) is 2.11. The van der Waals surface area contributed by atoms with Crippen LogP contribution in [-0.4, -0.2) is 24.2 Å². The highest BCUT2D eigenvalue weighted by atomic mass is 16.1. The average Bonchev–Trinajstić information content (AvgIpc) is 2.87. The zero-order valence-electron chi connectivity index (χ0n) is 23.9. The number of hydrogen-bond acceptors (Lipinski definition) is 3. The predicted molar refractivity (Wildman–Crippen MR) is 154 cm³/mol. The monoisotopic (exact) mass is 489 g/mol. The molecule has 0 amide bonds. The second kappa shape index (κ2) is 23.2. The zero-order chi connectivity index (χ0) is 26.3. The number of rotatable bonds is 20. The molecule has 1 N–H and O–H groups in total. The Morgan fingerprint density at radius 2 is 1.43 bits per heavy atom. The normalized spacial score (nSPS) is 16.5. The first-order chi connectivity index (χ1) is 16.9. The number of hydrogen-bond donors (Lipinski definition) is 1. The van der Waals surface area contributed by atoms with Crippen molar-refractivity contribution in [2.24, 2.45) is 17.8 Å². The van der Waals surface area contributed by atoms with E-state index in [9.17, 15) is 9.59 Å². The molecule has 1 fully saturated rings. The molecule has 3 atom stereocenters. The number of ketones is 2. The third-order valence-corrected chi connectivity index (χ3v) is 7.66. The Bertz CT molecular complexity index is 550. The van der Waals surface area contributed by atoms with Gasteiger partial charge in [0, 0.05) is 30.7 Å². The van der Waals surface area contributed by atoms with Crippen molar-refractivity contribution in [3.63, 3.8) is 0 Å². The molecule has 3 heteroatoms. The summed E-state index contributed by atoms with van der Waals surface area (Å²) in [6.45, 7) is 16.8. The second-order valence-electron chi connectivity index (χ2n) is 10.7. The van der Waals surface area contributed by atoms with Gasteiger partial charge in [0.05, 0.1) is 0 Å². The van der Waals surface area contributed by atoms with Crippen LogP contribution in [0.1, 0.15) is 137 Å². The topological polar surface area (TPSA) is 46.2 Å². The lowest BCUT2D eigenvalue weighted by Crippen LogP contribution is -2.30. The van der Waals surface area contributed by atoms with Crippen molar-refractivity contribution < 1.29 is 9.59 Å². The lowest BCUT2D eigenvalue weighted by atomic mass is 9.76. The Balaban J connectivity index is 0.000000686. The molecule has 1 saturated carbocycles. The second-order valence-corrected chi connectivity index (χ2v) is 10.7. The third kappa shape index (κ3) is 17.8. The van der Waals surface area contributed by atoms with Crippen LogP contribution in [0, 0.1) is 17.8 Å². The molecule has 0 aliphatic heterocycles. The van der Waals surface area contributed by atoms with Crippen LogP contribution < -0.4 is 5.32 Å². The van der Waals surface area contributed by atoms with Gasteiger partial charge in [-0.15, -0.1) is 13.2 Å². The number of unbranched alkanes of at least 4 members (excludes halogenated alkanes) is 6. The summed E-state index contributed by atoms with van der Waals surface area (Å²) in [5.41, 5.74) is 0.